The minimum absolute atomic E-state index is 0.142. The first kappa shape index (κ1) is 39.3. The van der Waals surface area contributed by atoms with E-state index >= 15 is 0 Å². The molecule has 4 fully saturated rings. The monoisotopic (exact) mass is 730 g/mol. The molecule has 2 aliphatic carbocycles. The van der Waals surface area contributed by atoms with Gasteiger partial charge in [0.2, 0.25) is 11.9 Å². The lowest BCUT2D eigenvalue weighted by Crippen LogP contribution is -2.38. The number of hydrogen-bond acceptors (Lipinski definition) is 16. The second-order valence-corrected chi connectivity index (χ2v) is 13.9. The van der Waals surface area contributed by atoms with E-state index < -0.39 is 24.0 Å². The lowest BCUT2D eigenvalue weighted by atomic mass is 9.93. The molecule has 288 valence electrons. The molecule has 4 aliphatic rings. The summed E-state index contributed by atoms with van der Waals surface area (Å²) in [6.45, 7) is 1.51. The van der Waals surface area contributed by atoms with E-state index in [0.717, 1.165) is 51.4 Å². The smallest absolute Gasteiger partial charge is 0.254 e. The Morgan fingerprint density at radius 3 is 1.35 bits per heavy atom. The standard InChI is InChI=1S/2C17H27N5O4/c2*1-25-13-4-2-10(3-5-13)21-17-19-7-14(15(18)24)16(22-17)20-11-6-12(23)9-26-8-11/h2*7,10-13,23H,2-6,8-9H2,1H3,(H2,18,24)(H2,19,20,21,22). The first-order valence-corrected chi connectivity index (χ1v) is 18.1. The zero-order chi connectivity index (χ0) is 37.0. The van der Waals surface area contributed by atoms with Crippen molar-refractivity contribution >= 4 is 35.3 Å². The van der Waals surface area contributed by atoms with Crippen molar-refractivity contribution in [1.82, 2.24) is 19.9 Å². The van der Waals surface area contributed by atoms with Crippen LogP contribution in [-0.2, 0) is 18.9 Å². The SMILES string of the molecule is COC1CCC(Nc2ncc(C(N)=O)c(NC3COCC(O)C3)n2)CC1.COC1CCC(Nc2ncc(C(N)=O)c(NC3COCC(O)C3)n2)CC1. The third-order valence-corrected chi connectivity index (χ3v) is 9.84. The Morgan fingerprint density at radius 2 is 1.02 bits per heavy atom. The summed E-state index contributed by atoms with van der Waals surface area (Å²) >= 11 is 0. The van der Waals surface area contributed by atoms with Crippen molar-refractivity contribution in [3.8, 4) is 0 Å². The molecule has 0 aromatic carbocycles. The number of ether oxygens (including phenoxy) is 4. The molecule has 6 rings (SSSR count). The number of anilines is 4. The maximum absolute atomic E-state index is 11.7. The molecule has 2 aromatic heterocycles. The van der Waals surface area contributed by atoms with Crippen LogP contribution in [0.15, 0.2) is 12.4 Å². The van der Waals surface area contributed by atoms with Crippen LogP contribution >= 0.6 is 0 Å². The molecule has 2 saturated heterocycles. The molecule has 0 bridgehead atoms. The van der Waals surface area contributed by atoms with E-state index in [-0.39, 0.29) is 35.3 Å². The number of aliphatic hydroxyl groups is 2. The number of methoxy groups -OCH3 is 2. The van der Waals surface area contributed by atoms with Crippen LogP contribution in [0.25, 0.3) is 0 Å². The molecule has 10 N–H and O–H groups in total. The Kier molecular flexibility index (Phi) is 14.5. The number of amides is 2. The van der Waals surface area contributed by atoms with E-state index in [4.69, 9.17) is 30.4 Å². The highest BCUT2D eigenvalue weighted by Gasteiger charge is 2.27. The van der Waals surface area contributed by atoms with Crippen molar-refractivity contribution in [3.05, 3.63) is 23.5 Å². The Hall–Kier alpha value is -3.94. The fraction of sp³-hybridized carbons (Fsp3) is 0.706. The molecule has 0 spiro atoms. The van der Waals surface area contributed by atoms with Gasteiger partial charge in [-0.1, -0.05) is 0 Å². The lowest BCUT2D eigenvalue weighted by Gasteiger charge is -2.29. The number of carbonyl (C=O) groups excluding carboxylic acids is 2. The highest BCUT2D eigenvalue weighted by Crippen LogP contribution is 2.26. The largest absolute Gasteiger partial charge is 0.391 e. The summed E-state index contributed by atoms with van der Waals surface area (Å²) in [5.74, 6) is 0.437. The number of aliphatic hydroxyl groups excluding tert-OH is 2. The maximum atomic E-state index is 11.7. The first-order chi connectivity index (χ1) is 25.1. The summed E-state index contributed by atoms with van der Waals surface area (Å²) in [5.41, 5.74) is 11.3. The number of rotatable bonds is 12. The fourth-order valence-corrected chi connectivity index (χ4v) is 6.94. The highest BCUT2D eigenvalue weighted by atomic mass is 16.5. The molecule has 4 atom stereocenters. The number of primary amides is 2. The molecule has 0 radical (unpaired) electrons. The number of hydrogen-bond donors (Lipinski definition) is 8. The van der Waals surface area contributed by atoms with E-state index in [1.165, 1.54) is 12.4 Å². The molecule has 2 saturated carbocycles. The van der Waals surface area contributed by atoms with Crippen molar-refractivity contribution < 1.29 is 38.7 Å². The van der Waals surface area contributed by atoms with Gasteiger partial charge in [0.1, 0.15) is 11.6 Å². The van der Waals surface area contributed by atoms with E-state index in [9.17, 15) is 19.8 Å². The number of carbonyl (C=O) groups is 2. The molecular weight excluding hydrogens is 676 g/mol. The van der Waals surface area contributed by atoms with Crippen LogP contribution in [0, 0.1) is 0 Å². The molecule has 4 heterocycles. The topological polar surface area (TPSA) is 263 Å². The predicted octanol–water partition coefficient (Wildman–Crippen LogP) is 1.01. The van der Waals surface area contributed by atoms with Gasteiger partial charge in [-0.2, -0.15) is 9.97 Å². The molecule has 18 heteroatoms. The first-order valence-electron chi connectivity index (χ1n) is 18.1. The minimum Gasteiger partial charge on any atom is -0.391 e. The van der Waals surface area contributed by atoms with E-state index in [2.05, 4.69) is 41.2 Å². The van der Waals surface area contributed by atoms with Crippen molar-refractivity contribution in [2.45, 2.75) is 113 Å². The Balaban J connectivity index is 0.000000201. The number of nitrogens with two attached hydrogens (primary N) is 2. The fourth-order valence-electron chi connectivity index (χ4n) is 6.94. The normalized spacial score (nSPS) is 29.2. The summed E-state index contributed by atoms with van der Waals surface area (Å²) in [6, 6.07) is 0.260. The summed E-state index contributed by atoms with van der Waals surface area (Å²) in [4.78, 5) is 40.7. The lowest BCUT2D eigenvalue weighted by molar-refractivity contribution is -0.0118. The molecule has 18 nitrogen and oxygen atoms in total. The molecular formula is C34H54N10O8. The van der Waals surface area contributed by atoms with E-state index in [1.807, 2.05) is 0 Å². The Labute approximate surface area is 303 Å². The van der Waals surface area contributed by atoms with Crippen LogP contribution in [0.1, 0.15) is 84.9 Å². The van der Waals surface area contributed by atoms with Gasteiger partial charge in [-0.05, 0) is 64.2 Å². The number of nitrogens with one attached hydrogen (secondary N) is 4. The van der Waals surface area contributed by atoms with Crippen molar-refractivity contribution in [2.75, 3.05) is 61.9 Å². The van der Waals surface area contributed by atoms with Crippen molar-refractivity contribution in [1.29, 1.82) is 0 Å². The van der Waals surface area contributed by atoms with Crippen LogP contribution in [0.3, 0.4) is 0 Å². The van der Waals surface area contributed by atoms with Gasteiger partial charge in [-0.3, -0.25) is 9.59 Å². The third-order valence-electron chi connectivity index (χ3n) is 9.84. The van der Waals surface area contributed by atoms with Gasteiger partial charge in [0.25, 0.3) is 11.8 Å². The Morgan fingerprint density at radius 1 is 0.635 bits per heavy atom. The molecule has 4 unspecified atom stereocenters. The number of aromatic nitrogens is 4. The predicted molar refractivity (Wildman–Crippen MR) is 192 cm³/mol. The molecule has 2 amide bonds. The van der Waals surface area contributed by atoms with Crippen molar-refractivity contribution in [2.24, 2.45) is 11.5 Å². The van der Waals surface area contributed by atoms with Gasteiger partial charge in [-0.15, -0.1) is 0 Å². The second-order valence-electron chi connectivity index (χ2n) is 13.9. The summed E-state index contributed by atoms with van der Waals surface area (Å²) in [6.07, 6.45) is 11.4. The van der Waals surface area contributed by atoms with Gasteiger partial charge in [0, 0.05) is 38.7 Å². The van der Waals surface area contributed by atoms with Crippen molar-refractivity contribution in [3.63, 3.8) is 0 Å². The van der Waals surface area contributed by atoms with Crippen LogP contribution in [-0.4, -0.2) is 131 Å². The highest BCUT2D eigenvalue weighted by molar-refractivity contribution is 5.98. The zero-order valence-corrected chi connectivity index (χ0v) is 30.0. The summed E-state index contributed by atoms with van der Waals surface area (Å²) in [5, 5.41) is 32.4. The van der Waals surface area contributed by atoms with Crippen LogP contribution in [0.2, 0.25) is 0 Å². The third kappa shape index (κ3) is 11.5. The van der Waals surface area contributed by atoms with Crippen LogP contribution in [0.5, 0.6) is 0 Å². The zero-order valence-electron chi connectivity index (χ0n) is 30.0. The van der Waals surface area contributed by atoms with Gasteiger partial charge >= 0.3 is 0 Å². The quantitative estimate of drug-likeness (QED) is 0.151. The summed E-state index contributed by atoms with van der Waals surface area (Å²) < 4.78 is 21.5. The second kappa shape index (κ2) is 19.2. The van der Waals surface area contributed by atoms with Gasteiger partial charge in [0.05, 0.1) is 74.1 Å². The molecule has 2 aromatic rings. The van der Waals surface area contributed by atoms with E-state index in [0.29, 0.717) is 75.0 Å². The maximum Gasteiger partial charge on any atom is 0.254 e. The van der Waals surface area contributed by atoms with Gasteiger partial charge in [-0.25, -0.2) is 9.97 Å². The number of nitrogens with zero attached hydrogens (tertiary/aromatic N) is 4. The van der Waals surface area contributed by atoms with Crippen LogP contribution in [0.4, 0.5) is 23.5 Å². The van der Waals surface area contributed by atoms with E-state index in [1.54, 1.807) is 14.2 Å². The average molecular weight is 731 g/mol. The summed E-state index contributed by atoms with van der Waals surface area (Å²) in [7, 11) is 3.49. The minimum atomic E-state index is -0.600. The average Bonchev–Trinajstić information content (AvgIpc) is 3.12. The van der Waals surface area contributed by atoms with Crippen LogP contribution < -0.4 is 32.7 Å². The molecule has 52 heavy (non-hydrogen) atoms. The van der Waals surface area contributed by atoms with Gasteiger partial charge < -0.3 is 61.9 Å². The Bertz CT molecular complexity index is 1350. The molecule has 2 aliphatic heterocycles. The van der Waals surface area contributed by atoms with Gasteiger partial charge in [0.15, 0.2) is 0 Å².